The van der Waals surface area contributed by atoms with E-state index in [1.165, 1.54) is 0 Å². The first kappa shape index (κ1) is 16.3. The maximum absolute atomic E-state index is 12.7. The molecule has 0 fully saturated rings. The van der Waals surface area contributed by atoms with E-state index in [4.69, 9.17) is 10.2 Å². The largest absolute Gasteiger partial charge is 0.459 e. The number of nitrogens with two attached hydrogens (primary N) is 1. The van der Waals surface area contributed by atoms with Crippen LogP contribution >= 0.6 is 0 Å². The van der Waals surface area contributed by atoms with Crippen molar-refractivity contribution in [2.45, 2.75) is 32.4 Å². The number of nitrogens with one attached hydrogen (secondary N) is 1. The van der Waals surface area contributed by atoms with Gasteiger partial charge in [-0.3, -0.25) is 4.79 Å². The van der Waals surface area contributed by atoms with E-state index < -0.39 is 5.54 Å². The minimum absolute atomic E-state index is 0.235. The molecule has 2 aromatic carbocycles. The number of para-hydroxylation sites is 1. The Morgan fingerprint density at radius 3 is 2.42 bits per heavy atom. The molecular formula is C20H22N2O2. The highest BCUT2D eigenvalue weighted by Gasteiger charge is 2.32. The number of rotatable bonds is 4. The lowest BCUT2D eigenvalue weighted by Crippen LogP contribution is -2.49. The summed E-state index contributed by atoms with van der Waals surface area (Å²) in [4.78, 5) is 12.7. The first-order chi connectivity index (χ1) is 11.4. The van der Waals surface area contributed by atoms with Crippen LogP contribution in [0.1, 0.15) is 36.8 Å². The van der Waals surface area contributed by atoms with Crippen LogP contribution in [-0.4, -0.2) is 5.91 Å². The standard InChI is InChI=1S/C20H22N2O2/c1-13-16-11-7-8-12-17(16)24-18(13)14(2)22-19(23)20(3,21)15-9-5-4-6-10-15/h4-12,14H,21H2,1-3H3,(H,22,23). The minimum atomic E-state index is -1.10. The molecule has 0 aliphatic rings. The first-order valence-electron chi connectivity index (χ1n) is 8.04. The van der Waals surface area contributed by atoms with Crippen LogP contribution in [0.3, 0.4) is 0 Å². The predicted octanol–water partition coefficient (Wildman–Crippen LogP) is 3.79. The van der Waals surface area contributed by atoms with Crippen LogP contribution in [0.2, 0.25) is 0 Å². The molecule has 2 unspecified atom stereocenters. The van der Waals surface area contributed by atoms with E-state index in [1.54, 1.807) is 6.92 Å². The average Bonchev–Trinajstić information content (AvgIpc) is 2.93. The molecule has 0 spiro atoms. The Hall–Kier alpha value is -2.59. The number of hydrogen-bond donors (Lipinski definition) is 2. The summed E-state index contributed by atoms with van der Waals surface area (Å²) in [5.41, 5.74) is 7.81. The Kier molecular flexibility index (Phi) is 4.16. The molecule has 3 N–H and O–H groups in total. The van der Waals surface area contributed by atoms with Crippen LogP contribution in [0.4, 0.5) is 0 Å². The SMILES string of the molecule is Cc1c(C(C)NC(=O)C(C)(N)c2ccccc2)oc2ccccc12. The monoisotopic (exact) mass is 322 g/mol. The zero-order valence-electron chi connectivity index (χ0n) is 14.2. The molecule has 0 saturated carbocycles. The molecule has 4 heteroatoms. The lowest BCUT2D eigenvalue weighted by molar-refractivity contribution is -0.126. The second-order valence-corrected chi connectivity index (χ2v) is 6.35. The van der Waals surface area contributed by atoms with Crippen molar-refractivity contribution in [1.29, 1.82) is 0 Å². The zero-order chi connectivity index (χ0) is 17.3. The summed E-state index contributed by atoms with van der Waals surface area (Å²) >= 11 is 0. The highest BCUT2D eigenvalue weighted by atomic mass is 16.3. The van der Waals surface area contributed by atoms with Crippen molar-refractivity contribution in [3.05, 3.63) is 71.5 Å². The first-order valence-corrected chi connectivity index (χ1v) is 8.04. The fourth-order valence-corrected chi connectivity index (χ4v) is 2.93. The molecule has 0 saturated heterocycles. The number of benzene rings is 2. The van der Waals surface area contributed by atoms with Crippen LogP contribution in [0.5, 0.6) is 0 Å². The highest BCUT2D eigenvalue weighted by Crippen LogP contribution is 2.29. The van der Waals surface area contributed by atoms with Crippen LogP contribution in [0.25, 0.3) is 11.0 Å². The molecule has 1 heterocycles. The van der Waals surface area contributed by atoms with E-state index in [-0.39, 0.29) is 11.9 Å². The van der Waals surface area contributed by atoms with Gasteiger partial charge in [0.25, 0.3) is 0 Å². The van der Waals surface area contributed by atoms with Gasteiger partial charge in [0.15, 0.2) is 0 Å². The van der Waals surface area contributed by atoms with Gasteiger partial charge >= 0.3 is 0 Å². The lowest BCUT2D eigenvalue weighted by Gasteiger charge is -2.26. The Morgan fingerprint density at radius 2 is 1.75 bits per heavy atom. The lowest BCUT2D eigenvalue weighted by atomic mass is 9.92. The number of hydrogen-bond acceptors (Lipinski definition) is 3. The number of amides is 1. The van der Waals surface area contributed by atoms with Crippen molar-refractivity contribution < 1.29 is 9.21 Å². The van der Waals surface area contributed by atoms with Gasteiger partial charge in [0.1, 0.15) is 16.9 Å². The molecule has 1 amide bonds. The van der Waals surface area contributed by atoms with Crippen LogP contribution in [-0.2, 0) is 10.3 Å². The fourth-order valence-electron chi connectivity index (χ4n) is 2.93. The van der Waals surface area contributed by atoms with Gasteiger partial charge in [-0.25, -0.2) is 0 Å². The third kappa shape index (κ3) is 2.81. The maximum Gasteiger partial charge on any atom is 0.244 e. The van der Waals surface area contributed by atoms with Crippen molar-refractivity contribution in [2.75, 3.05) is 0 Å². The molecule has 0 radical (unpaired) electrons. The average molecular weight is 322 g/mol. The van der Waals surface area contributed by atoms with Crippen molar-refractivity contribution in [3.63, 3.8) is 0 Å². The van der Waals surface area contributed by atoms with Crippen LogP contribution in [0.15, 0.2) is 59.0 Å². The molecule has 0 aliphatic heterocycles. The topological polar surface area (TPSA) is 68.3 Å². The normalized spacial score (nSPS) is 15.0. The second kappa shape index (κ2) is 6.13. The third-order valence-electron chi connectivity index (χ3n) is 4.47. The molecule has 1 aromatic heterocycles. The van der Waals surface area contributed by atoms with Crippen molar-refractivity contribution in [3.8, 4) is 0 Å². The third-order valence-corrected chi connectivity index (χ3v) is 4.47. The summed E-state index contributed by atoms with van der Waals surface area (Å²) in [7, 11) is 0. The predicted molar refractivity (Wildman–Crippen MR) is 95.5 cm³/mol. The Bertz CT molecular complexity index is 866. The summed E-state index contributed by atoms with van der Waals surface area (Å²) in [5.74, 6) is 0.523. The minimum Gasteiger partial charge on any atom is -0.459 e. The van der Waals surface area contributed by atoms with E-state index in [1.807, 2.05) is 68.4 Å². The zero-order valence-corrected chi connectivity index (χ0v) is 14.2. The fraction of sp³-hybridized carbons (Fsp3) is 0.250. The van der Waals surface area contributed by atoms with Gasteiger partial charge in [-0.1, -0.05) is 48.5 Å². The molecule has 3 aromatic rings. The Balaban J connectivity index is 1.84. The van der Waals surface area contributed by atoms with E-state index in [2.05, 4.69) is 5.32 Å². The van der Waals surface area contributed by atoms with Crippen LogP contribution in [0, 0.1) is 6.92 Å². The van der Waals surface area contributed by atoms with Crippen molar-refractivity contribution in [1.82, 2.24) is 5.32 Å². The summed E-state index contributed by atoms with van der Waals surface area (Å²) in [6, 6.07) is 17.0. The number of aryl methyl sites for hydroxylation is 1. The number of fused-ring (bicyclic) bond motifs is 1. The van der Waals surface area contributed by atoms with Gasteiger partial charge in [0.2, 0.25) is 5.91 Å². The summed E-state index contributed by atoms with van der Waals surface area (Å²) in [6.45, 7) is 5.63. The van der Waals surface area contributed by atoms with Gasteiger partial charge in [-0.2, -0.15) is 0 Å². The van der Waals surface area contributed by atoms with Gasteiger partial charge in [0.05, 0.1) is 6.04 Å². The summed E-state index contributed by atoms with van der Waals surface area (Å²) < 4.78 is 5.92. The molecule has 0 aliphatic carbocycles. The quantitative estimate of drug-likeness (QED) is 0.768. The number of furan rings is 1. The van der Waals surface area contributed by atoms with Gasteiger partial charge in [-0.05, 0) is 32.4 Å². The molecule has 4 nitrogen and oxygen atoms in total. The molecule has 3 rings (SSSR count). The number of carbonyl (C=O) groups is 1. The van der Waals surface area contributed by atoms with E-state index in [0.29, 0.717) is 0 Å². The summed E-state index contributed by atoms with van der Waals surface area (Å²) in [5, 5.41) is 4.04. The molecule has 124 valence electrons. The maximum atomic E-state index is 12.7. The van der Waals surface area contributed by atoms with Gasteiger partial charge in [-0.15, -0.1) is 0 Å². The molecule has 0 bridgehead atoms. The van der Waals surface area contributed by atoms with E-state index >= 15 is 0 Å². The van der Waals surface area contributed by atoms with Crippen LogP contribution < -0.4 is 11.1 Å². The summed E-state index contributed by atoms with van der Waals surface area (Å²) in [6.07, 6.45) is 0. The van der Waals surface area contributed by atoms with Gasteiger partial charge in [0, 0.05) is 10.9 Å². The Morgan fingerprint density at radius 1 is 1.12 bits per heavy atom. The smallest absolute Gasteiger partial charge is 0.244 e. The van der Waals surface area contributed by atoms with Crippen molar-refractivity contribution >= 4 is 16.9 Å². The van der Waals surface area contributed by atoms with E-state index in [9.17, 15) is 4.79 Å². The molecule has 2 atom stereocenters. The van der Waals surface area contributed by atoms with Gasteiger partial charge < -0.3 is 15.5 Å². The molecule has 24 heavy (non-hydrogen) atoms. The second-order valence-electron chi connectivity index (χ2n) is 6.35. The molecular weight excluding hydrogens is 300 g/mol. The highest BCUT2D eigenvalue weighted by molar-refractivity contribution is 5.88. The van der Waals surface area contributed by atoms with E-state index in [0.717, 1.165) is 27.9 Å². The van der Waals surface area contributed by atoms with Crippen molar-refractivity contribution in [2.24, 2.45) is 5.73 Å². The Labute approximate surface area is 141 Å². The number of carbonyl (C=O) groups excluding carboxylic acids is 1.